The zero-order valence-electron chi connectivity index (χ0n) is 11.3. The topological polar surface area (TPSA) is 52.6 Å². The molecule has 1 fully saturated rings. The summed E-state index contributed by atoms with van der Waals surface area (Å²) in [6, 6.07) is 1.79. The number of rotatable bonds is 5. The number of amides is 1. The van der Waals surface area contributed by atoms with Gasteiger partial charge in [0, 0.05) is 24.0 Å². The van der Waals surface area contributed by atoms with Crippen LogP contribution in [0.15, 0.2) is 16.8 Å². The Hall–Kier alpha value is -0.910. The van der Waals surface area contributed by atoms with Crippen LogP contribution in [-0.4, -0.2) is 48.2 Å². The lowest BCUT2D eigenvalue weighted by molar-refractivity contribution is 0.0795. The Balaban J connectivity index is 1.67. The van der Waals surface area contributed by atoms with E-state index in [1.54, 1.807) is 6.07 Å². The lowest BCUT2D eigenvalue weighted by Crippen LogP contribution is -2.42. The highest BCUT2D eigenvalue weighted by Gasteiger charge is 2.18. The van der Waals surface area contributed by atoms with Crippen LogP contribution in [0, 0.1) is 5.92 Å². The molecule has 2 N–H and O–H groups in total. The Morgan fingerprint density at radius 2 is 2.32 bits per heavy atom. The third-order valence-electron chi connectivity index (χ3n) is 3.63. The van der Waals surface area contributed by atoms with E-state index in [1.807, 2.05) is 10.8 Å². The number of thiophene rings is 1. The zero-order chi connectivity index (χ0) is 13.7. The van der Waals surface area contributed by atoms with E-state index in [4.69, 9.17) is 0 Å². The van der Waals surface area contributed by atoms with E-state index in [2.05, 4.69) is 17.1 Å². The Morgan fingerprint density at radius 3 is 2.95 bits per heavy atom. The predicted molar refractivity (Wildman–Crippen MR) is 77.5 cm³/mol. The molecule has 4 nitrogen and oxygen atoms in total. The SMILES string of the molecule is CC1CCN(CC(O)CNC(=O)c2ccsc2)CC1. The van der Waals surface area contributed by atoms with Crippen LogP contribution in [0.1, 0.15) is 30.1 Å². The fourth-order valence-corrected chi connectivity index (χ4v) is 2.95. The van der Waals surface area contributed by atoms with Crippen LogP contribution >= 0.6 is 11.3 Å². The molecule has 0 saturated carbocycles. The molecule has 0 spiro atoms. The molecule has 0 bridgehead atoms. The van der Waals surface area contributed by atoms with Gasteiger partial charge in [-0.2, -0.15) is 11.3 Å². The minimum atomic E-state index is -0.490. The number of hydrogen-bond acceptors (Lipinski definition) is 4. The van der Waals surface area contributed by atoms with Gasteiger partial charge in [-0.25, -0.2) is 0 Å². The van der Waals surface area contributed by atoms with E-state index in [-0.39, 0.29) is 5.91 Å². The number of β-amino-alcohol motifs (C(OH)–C–C–N with tert-alkyl or cyclic N) is 1. The second-order valence-electron chi connectivity index (χ2n) is 5.36. The smallest absolute Gasteiger partial charge is 0.252 e. The highest BCUT2D eigenvalue weighted by molar-refractivity contribution is 7.08. The van der Waals surface area contributed by atoms with Crippen LogP contribution in [0.4, 0.5) is 0 Å². The van der Waals surface area contributed by atoms with Crippen molar-refractivity contribution in [2.75, 3.05) is 26.2 Å². The van der Waals surface area contributed by atoms with E-state index >= 15 is 0 Å². The predicted octanol–water partition coefficient (Wildman–Crippen LogP) is 1.57. The van der Waals surface area contributed by atoms with Crippen molar-refractivity contribution >= 4 is 17.2 Å². The molecule has 1 aliphatic rings. The number of aliphatic hydroxyl groups is 1. The Labute approximate surface area is 118 Å². The van der Waals surface area contributed by atoms with Gasteiger partial charge in [0.2, 0.25) is 0 Å². The molecule has 0 radical (unpaired) electrons. The molecule has 1 atom stereocenters. The van der Waals surface area contributed by atoms with Gasteiger partial charge in [0.15, 0.2) is 0 Å². The van der Waals surface area contributed by atoms with Crippen molar-refractivity contribution in [1.82, 2.24) is 10.2 Å². The third-order valence-corrected chi connectivity index (χ3v) is 4.31. The molecule has 2 rings (SSSR count). The summed E-state index contributed by atoms with van der Waals surface area (Å²) in [7, 11) is 0. The number of carbonyl (C=O) groups is 1. The van der Waals surface area contributed by atoms with Gasteiger partial charge >= 0.3 is 0 Å². The normalized spacial score (nSPS) is 19.3. The maximum Gasteiger partial charge on any atom is 0.252 e. The molecule has 1 aliphatic heterocycles. The average molecular weight is 282 g/mol. The Kier molecular flexibility index (Phi) is 5.36. The van der Waals surface area contributed by atoms with Gasteiger partial charge in [0.05, 0.1) is 6.10 Å². The number of piperidine rings is 1. The summed E-state index contributed by atoms with van der Waals surface area (Å²) in [6.45, 7) is 5.35. The van der Waals surface area contributed by atoms with E-state index in [0.717, 1.165) is 19.0 Å². The molecule has 5 heteroatoms. The van der Waals surface area contributed by atoms with Crippen molar-refractivity contribution in [2.24, 2.45) is 5.92 Å². The highest BCUT2D eigenvalue weighted by Crippen LogP contribution is 2.15. The van der Waals surface area contributed by atoms with Crippen molar-refractivity contribution in [2.45, 2.75) is 25.9 Å². The molecule has 1 amide bonds. The fraction of sp³-hybridized carbons (Fsp3) is 0.643. The summed E-state index contributed by atoms with van der Waals surface area (Å²) in [6.07, 6.45) is 1.91. The van der Waals surface area contributed by atoms with E-state index < -0.39 is 6.10 Å². The number of carbonyl (C=O) groups excluding carboxylic acids is 1. The van der Waals surface area contributed by atoms with E-state index in [9.17, 15) is 9.90 Å². The summed E-state index contributed by atoms with van der Waals surface area (Å²) in [5.74, 6) is 0.694. The molecule has 1 unspecified atom stereocenters. The fourth-order valence-electron chi connectivity index (χ4n) is 2.31. The summed E-state index contributed by atoms with van der Waals surface area (Å²) < 4.78 is 0. The van der Waals surface area contributed by atoms with Crippen LogP contribution in [0.2, 0.25) is 0 Å². The van der Waals surface area contributed by atoms with Crippen LogP contribution in [0.25, 0.3) is 0 Å². The summed E-state index contributed by atoms with van der Waals surface area (Å²) in [5, 5.41) is 16.4. The average Bonchev–Trinajstić information content (AvgIpc) is 2.93. The van der Waals surface area contributed by atoms with Gasteiger partial charge in [-0.05, 0) is 43.3 Å². The number of likely N-dealkylation sites (tertiary alicyclic amines) is 1. The summed E-state index contributed by atoms with van der Waals surface area (Å²) >= 11 is 1.50. The maximum absolute atomic E-state index is 11.7. The van der Waals surface area contributed by atoms with Crippen molar-refractivity contribution in [3.63, 3.8) is 0 Å². The zero-order valence-corrected chi connectivity index (χ0v) is 12.2. The molecule has 1 aromatic rings. The van der Waals surface area contributed by atoms with Crippen molar-refractivity contribution in [3.8, 4) is 0 Å². The molecular weight excluding hydrogens is 260 g/mol. The Bertz CT molecular complexity index is 386. The number of aliphatic hydroxyl groups excluding tert-OH is 1. The molecule has 0 aromatic carbocycles. The monoisotopic (exact) mass is 282 g/mol. The first-order valence-corrected chi connectivity index (χ1v) is 7.80. The lowest BCUT2D eigenvalue weighted by Gasteiger charge is -2.31. The van der Waals surface area contributed by atoms with Gasteiger partial charge in [-0.3, -0.25) is 4.79 Å². The molecule has 106 valence electrons. The molecular formula is C14H22N2O2S. The van der Waals surface area contributed by atoms with Gasteiger partial charge in [0.25, 0.3) is 5.91 Å². The van der Waals surface area contributed by atoms with Crippen LogP contribution in [-0.2, 0) is 0 Å². The Morgan fingerprint density at radius 1 is 1.58 bits per heavy atom. The first kappa shape index (κ1) is 14.5. The van der Waals surface area contributed by atoms with Crippen LogP contribution in [0.5, 0.6) is 0 Å². The van der Waals surface area contributed by atoms with Crippen molar-refractivity contribution in [3.05, 3.63) is 22.4 Å². The third kappa shape index (κ3) is 4.60. The first-order chi connectivity index (χ1) is 9.15. The largest absolute Gasteiger partial charge is 0.390 e. The second-order valence-corrected chi connectivity index (χ2v) is 6.14. The lowest BCUT2D eigenvalue weighted by atomic mass is 9.99. The minimum absolute atomic E-state index is 0.104. The van der Waals surface area contributed by atoms with Crippen LogP contribution < -0.4 is 5.32 Å². The first-order valence-electron chi connectivity index (χ1n) is 6.86. The van der Waals surface area contributed by atoms with Gasteiger partial charge in [-0.15, -0.1) is 0 Å². The van der Waals surface area contributed by atoms with Gasteiger partial charge < -0.3 is 15.3 Å². The highest BCUT2D eigenvalue weighted by atomic mass is 32.1. The molecule has 19 heavy (non-hydrogen) atoms. The summed E-state index contributed by atoms with van der Waals surface area (Å²) in [5.41, 5.74) is 0.670. The standard InChI is InChI=1S/C14H22N2O2S/c1-11-2-5-16(6-3-11)9-13(17)8-15-14(18)12-4-7-19-10-12/h4,7,10-11,13,17H,2-3,5-6,8-9H2,1H3,(H,15,18). The molecule has 2 heterocycles. The van der Waals surface area contributed by atoms with Crippen molar-refractivity contribution in [1.29, 1.82) is 0 Å². The quantitative estimate of drug-likeness (QED) is 0.862. The van der Waals surface area contributed by atoms with Crippen molar-refractivity contribution < 1.29 is 9.90 Å². The summed E-state index contributed by atoms with van der Waals surface area (Å²) in [4.78, 5) is 14.0. The maximum atomic E-state index is 11.7. The molecule has 1 aromatic heterocycles. The second kappa shape index (κ2) is 7.03. The number of nitrogens with zero attached hydrogens (tertiary/aromatic N) is 1. The van der Waals surface area contributed by atoms with Crippen LogP contribution in [0.3, 0.4) is 0 Å². The number of nitrogens with one attached hydrogen (secondary N) is 1. The van der Waals surface area contributed by atoms with Gasteiger partial charge in [-0.1, -0.05) is 6.92 Å². The molecule has 1 saturated heterocycles. The minimum Gasteiger partial charge on any atom is -0.390 e. The van der Waals surface area contributed by atoms with E-state index in [0.29, 0.717) is 18.7 Å². The van der Waals surface area contributed by atoms with E-state index in [1.165, 1.54) is 24.2 Å². The van der Waals surface area contributed by atoms with Gasteiger partial charge in [0.1, 0.15) is 0 Å². The molecule has 0 aliphatic carbocycles. The number of hydrogen-bond donors (Lipinski definition) is 2.